The van der Waals surface area contributed by atoms with E-state index in [0.29, 0.717) is 16.5 Å². The summed E-state index contributed by atoms with van der Waals surface area (Å²) in [6.45, 7) is 3.25. The maximum atomic E-state index is 12.1. The minimum absolute atomic E-state index is 0.127. The fourth-order valence-electron chi connectivity index (χ4n) is 2.03. The first-order valence-electron chi connectivity index (χ1n) is 7.67. The third kappa shape index (κ3) is 5.98. The van der Waals surface area contributed by atoms with E-state index in [2.05, 4.69) is 26.0 Å². The molecule has 1 amide bonds. The summed E-state index contributed by atoms with van der Waals surface area (Å²) in [5, 5.41) is 3.02. The molecule has 0 fully saturated rings. The molecule has 0 aliphatic rings. The second-order valence-corrected chi connectivity index (χ2v) is 8.75. The van der Waals surface area contributed by atoms with Gasteiger partial charge in [-0.3, -0.25) is 4.79 Å². The monoisotopic (exact) mass is 460 g/mol. The summed E-state index contributed by atoms with van der Waals surface area (Å²) >= 11 is 9.31. The van der Waals surface area contributed by atoms with Crippen LogP contribution in [0.5, 0.6) is 5.75 Å². The van der Waals surface area contributed by atoms with Crippen molar-refractivity contribution in [3.8, 4) is 5.75 Å². The van der Waals surface area contributed by atoms with Crippen LogP contribution < -0.4 is 14.8 Å². The molecule has 140 valence electrons. The number of rotatable bonds is 7. The van der Waals surface area contributed by atoms with Gasteiger partial charge in [0.15, 0.2) is 6.61 Å². The van der Waals surface area contributed by atoms with Crippen molar-refractivity contribution >= 4 is 49.1 Å². The van der Waals surface area contributed by atoms with E-state index in [-0.39, 0.29) is 23.5 Å². The van der Waals surface area contributed by atoms with Crippen LogP contribution in [0.25, 0.3) is 0 Å². The number of hydrogen-bond acceptors (Lipinski definition) is 4. The van der Waals surface area contributed by atoms with Gasteiger partial charge in [-0.1, -0.05) is 27.5 Å². The van der Waals surface area contributed by atoms with Gasteiger partial charge in [-0.15, -0.1) is 0 Å². The van der Waals surface area contributed by atoms with Gasteiger partial charge >= 0.3 is 0 Å². The average molecular weight is 462 g/mol. The number of halogens is 2. The number of carbonyl (C=O) groups excluding carboxylic acids is 1. The molecule has 6 nitrogen and oxygen atoms in total. The molecule has 0 unspecified atom stereocenters. The first kappa shape index (κ1) is 20.7. The van der Waals surface area contributed by atoms with E-state index >= 15 is 0 Å². The highest BCUT2D eigenvalue weighted by atomic mass is 79.9. The molecule has 0 aliphatic heterocycles. The number of hydrogen-bond donors (Lipinski definition) is 2. The summed E-state index contributed by atoms with van der Waals surface area (Å²) in [7, 11) is -3.57. The summed E-state index contributed by atoms with van der Waals surface area (Å²) in [6, 6.07) is 10.7. The van der Waals surface area contributed by atoms with Crippen molar-refractivity contribution < 1.29 is 17.9 Å². The summed E-state index contributed by atoms with van der Waals surface area (Å²) in [4.78, 5) is 12.1. The van der Waals surface area contributed by atoms with Crippen LogP contribution in [0.1, 0.15) is 13.8 Å². The average Bonchev–Trinajstić information content (AvgIpc) is 2.53. The van der Waals surface area contributed by atoms with Gasteiger partial charge in [-0.2, -0.15) is 0 Å². The molecule has 0 aliphatic carbocycles. The largest absolute Gasteiger partial charge is 0.482 e. The molecular weight excluding hydrogens is 444 g/mol. The van der Waals surface area contributed by atoms with Crippen LogP contribution in [0.3, 0.4) is 0 Å². The Kier molecular flexibility index (Phi) is 7.05. The Hall–Kier alpha value is -1.61. The SMILES string of the molecule is CC(C)NS(=O)(=O)c1ccc(NC(=O)COc2ccc(Br)cc2Cl)cc1. The summed E-state index contributed by atoms with van der Waals surface area (Å²) in [5.41, 5.74) is 0.462. The van der Waals surface area contributed by atoms with Gasteiger partial charge in [0.2, 0.25) is 10.0 Å². The van der Waals surface area contributed by atoms with E-state index in [4.69, 9.17) is 16.3 Å². The van der Waals surface area contributed by atoms with Crippen LogP contribution in [0.15, 0.2) is 51.8 Å². The number of amides is 1. The molecular formula is C17H18BrClN2O4S. The Morgan fingerprint density at radius 3 is 2.42 bits per heavy atom. The Morgan fingerprint density at radius 2 is 1.85 bits per heavy atom. The van der Waals surface area contributed by atoms with E-state index in [1.54, 1.807) is 32.0 Å². The van der Waals surface area contributed by atoms with Crippen molar-refractivity contribution in [3.05, 3.63) is 52.0 Å². The topological polar surface area (TPSA) is 84.5 Å². The van der Waals surface area contributed by atoms with Gasteiger partial charge in [0.1, 0.15) is 5.75 Å². The summed E-state index contributed by atoms with van der Waals surface area (Å²) in [6.07, 6.45) is 0. The number of ether oxygens (including phenoxy) is 1. The zero-order chi connectivity index (χ0) is 19.3. The third-order valence-corrected chi connectivity index (χ3v) is 5.56. The van der Waals surface area contributed by atoms with Gasteiger partial charge in [-0.05, 0) is 56.3 Å². The molecule has 2 N–H and O–H groups in total. The Morgan fingerprint density at radius 1 is 1.19 bits per heavy atom. The Balaban J connectivity index is 1.95. The van der Waals surface area contributed by atoms with E-state index < -0.39 is 10.0 Å². The maximum Gasteiger partial charge on any atom is 0.262 e. The molecule has 26 heavy (non-hydrogen) atoms. The fourth-order valence-corrected chi connectivity index (χ4v) is 4.01. The highest BCUT2D eigenvalue weighted by molar-refractivity contribution is 9.10. The molecule has 0 saturated heterocycles. The number of nitrogens with one attached hydrogen (secondary N) is 2. The normalized spacial score (nSPS) is 11.4. The third-order valence-electron chi connectivity index (χ3n) is 3.09. The predicted molar refractivity (Wildman–Crippen MR) is 105 cm³/mol. The number of anilines is 1. The van der Waals surface area contributed by atoms with Gasteiger partial charge in [0.05, 0.1) is 9.92 Å². The lowest BCUT2D eigenvalue weighted by atomic mass is 10.3. The maximum absolute atomic E-state index is 12.1. The minimum atomic E-state index is -3.57. The van der Waals surface area contributed by atoms with E-state index in [1.165, 1.54) is 24.3 Å². The molecule has 0 bridgehead atoms. The van der Waals surface area contributed by atoms with E-state index in [0.717, 1.165) is 4.47 Å². The van der Waals surface area contributed by atoms with Crippen molar-refractivity contribution in [2.45, 2.75) is 24.8 Å². The summed E-state index contributed by atoms with van der Waals surface area (Å²) in [5.74, 6) is 0.00566. The Labute approximate surface area is 166 Å². The lowest BCUT2D eigenvalue weighted by Crippen LogP contribution is -2.30. The van der Waals surface area contributed by atoms with Crippen molar-refractivity contribution in [2.24, 2.45) is 0 Å². The van der Waals surface area contributed by atoms with Crippen LogP contribution >= 0.6 is 27.5 Å². The molecule has 0 saturated carbocycles. The first-order valence-corrected chi connectivity index (χ1v) is 10.3. The first-order chi connectivity index (χ1) is 12.2. The fraction of sp³-hybridized carbons (Fsp3) is 0.235. The molecule has 0 atom stereocenters. The number of benzene rings is 2. The van der Waals surface area contributed by atoms with Crippen molar-refractivity contribution in [2.75, 3.05) is 11.9 Å². The van der Waals surface area contributed by atoms with Gasteiger partial charge in [0, 0.05) is 16.2 Å². The van der Waals surface area contributed by atoms with E-state index in [9.17, 15) is 13.2 Å². The molecule has 2 rings (SSSR count). The highest BCUT2D eigenvalue weighted by Crippen LogP contribution is 2.27. The van der Waals surface area contributed by atoms with Gasteiger partial charge < -0.3 is 10.1 Å². The van der Waals surface area contributed by atoms with Crippen LogP contribution in [0, 0.1) is 0 Å². The molecule has 9 heteroatoms. The van der Waals surface area contributed by atoms with Crippen molar-refractivity contribution in [1.29, 1.82) is 0 Å². The number of sulfonamides is 1. The molecule has 0 aromatic heterocycles. The standard InChI is InChI=1S/C17H18BrClN2O4S/c1-11(2)21-26(23,24)14-6-4-13(5-7-14)20-17(22)10-25-16-8-3-12(18)9-15(16)19/h3-9,11,21H,10H2,1-2H3,(H,20,22). The zero-order valence-electron chi connectivity index (χ0n) is 14.1. The van der Waals surface area contributed by atoms with Crippen LogP contribution in [-0.4, -0.2) is 27.0 Å². The summed E-state index contributed by atoms with van der Waals surface area (Å²) < 4.78 is 32.8. The smallest absolute Gasteiger partial charge is 0.262 e. The van der Waals surface area contributed by atoms with Gasteiger partial charge in [-0.25, -0.2) is 13.1 Å². The zero-order valence-corrected chi connectivity index (χ0v) is 17.3. The predicted octanol–water partition coefficient (Wildman–Crippen LogP) is 3.81. The highest BCUT2D eigenvalue weighted by Gasteiger charge is 2.15. The molecule has 0 heterocycles. The molecule has 0 spiro atoms. The van der Waals surface area contributed by atoms with Gasteiger partial charge in [0.25, 0.3) is 5.91 Å². The van der Waals surface area contributed by atoms with Crippen LogP contribution in [0.4, 0.5) is 5.69 Å². The van der Waals surface area contributed by atoms with Crippen LogP contribution in [0.2, 0.25) is 5.02 Å². The number of carbonyl (C=O) groups is 1. The van der Waals surface area contributed by atoms with E-state index in [1.807, 2.05) is 0 Å². The quantitative estimate of drug-likeness (QED) is 0.657. The van der Waals surface area contributed by atoms with Crippen molar-refractivity contribution in [1.82, 2.24) is 4.72 Å². The second-order valence-electron chi connectivity index (χ2n) is 5.71. The molecule has 2 aromatic rings. The Bertz CT molecular complexity index is 886. The van der Waals surface area contributed by atoms with Crippen LogP contribution in [-0.2, 0) is 14.8 Å². The second kappa shape index (κ2) is 8.85. The molecule has 2 aromatic carbocycles. The lowest BCUT2D eigenvalue weighted by molar-refractivity contribution is -0.118. The van der Waals surface area contributed by atoms with Crippen molar-refractivity contribution in [3.63, 3.8) is 0 Å². The minimum Gasteiger partial charge on any atom is -0.482 e. The molecule has 0 radical (unpaired) electrons. The lowest BCUT2D eigenvalue weighted by Gasteiger charge is -2.11.